The van der Waals surface area contributed by atoms with Gasteiger partial charge in [0, 0.05) is 6.54 Å². The molecule has 0 aliphatic carbocycles. The quantitative estimate of drug-likeness (QED) is 0.741. The maximum absolute atomic E-state index is 5.86. The summed E-state index contributed by atoms with van der Waals surface area (Å²) >= 11 is 0. The van der Waals surface area contributed by atoms with Gasteiger partial charge in [-0.05, 0) is 27.7 Å². The van der Waals surface area contributed by atoms with E-state index in [0.717, 1.165) is 0 Å². The molecule has 14 heavy (non-hydrogen) atoms. The predicted octanol–water partition coefficient (Wildman–Crippen LogP) is 1.96. The summed E-state index contributed by atoms with van der Waals surface area (Å²) in [6.07, 6.45) is 0. The molecule has 1 fully saturated rings. The van der Waals surface area contributed by atoms with Crippen molar-refractivity contribution in [3.63, 3.8) is 0 Å². The van der Waals surface area contributed by atoms with Gasteiger partial charge in [0.1, 0.15) is 24.5 Å². The Morgan fingerprint density at radius 3 is 1.93 bits per heavy atom. The van der Waals surface area contributed by atoms with Crippen molar-refractivity contribution in [3.05, 3.63) is 0 Å². The Bertz CT molecular complexity index is 202. The van der Waals surface area contributed by atoms with E-state index < -0.39 is 7.94 Å². The van der Waals surface area contributed by atoms with Gasteiger partial charge in [-0.15, -0.1) is 0 Å². The molecule has 0 spiro atoms. The van der Waals surface area contributed by atoms with Gasteiger partial charge >= 0.3 is 7.94 Å². The lowest BCUT2D eigenvalue weighted by Crippen LogP contribution is -2.41. The van der Waals surface area contributed by atoms with Gasteiger partial charge in [0.25, 0.3) is 0 Å². The van der Waals surface area contributed by atoms with Gasteiger partial charge in [0.2, 0.25) is 0 Å². The van der Waals surface area contributed by atoms with Crippen LogP contribution >= 0.6 is 7.94 Å². The van der Waals surface area contributed by atoms with Crippen molar-refractivity contribution in [1.82, 2.24) is 0 Å². The fourth-order valence-electron chi connectivity index (χ4n) is 1.34. The van der Waals surface area contributed by atoms with Crippen LogP contribution in [0.4, 0.5) is 0 Å². The Morgan fingerprint density at radius 1 is 1.14 bits per heavy atom. The average molecular weight is 222 g/mol. The third-order valence-corrected chi connectivity index (χ3v) is 4.91. The minimum Gasteiger partial charge on any atom is -0.328 e. The minimum atomic E-state index is -2.16. The lowest BCUT2D eigenvalue weighted by molar-refractivity contribution is 0.00578. The molecule has 0 saturated carbocycles. The van der Waals surface area contributed by atoms with E-state index in [4.69, 9.17) is 19.3 Å². The smallest absolute Gasteiger partial charge is 0.328 e. The Hall–Kier alpha value is 0.270. The summed E-state index contributed by atoms with van der Waals surface area (Å²) < 4.78 is 17.3. The maximum atomic E-state index is 5.86. The molecule has 1 rings (SSSR count). The number of rotatable bonds is 3. The molecule has 0 aromatic rings. The monoisotopic (exact) mass is 222 g/mol. The van der Waals surface area contributed by atoms with Crippen LogP contribution in [0.25, 0.3) is 0 Å². The van der Waals surface area contributed by atoms with E-state index in [9.17, 15) is 0 Å². The summed E-state index contributed by atoms with van der Waals surface area (Å²) in [5.41, 5.74) is 4.75. The zero-order valence-electron chi connectivity index (χ0n) is 9.66. The molecular weight excluding hydrogens is 201 g/mol. The molecule has 0 aromatic carbocycles. The summed E-state index contributed by atoms with van der Waals surface area (Å²) in [7, 11) is -2.16. The highest BCUT2D eigenvalue weighted by molar-refractivity contribution is 7.61. The lowest BCUT2D eigenvalue weighted by atomic mass is 9.90. The van der Waals surface area contributed by atoms with Gasteiger partial charge in [-0.25, -0.2) is 0 Å². The highest BCUT2D eigenvalue weighted by atomic mass is 31.2. The van der Waals surface area contributed by atoms with E-state index in [1.165, 1.54) is 0 Å². The normalized spacial score (nSPS) is 27.9. The first kappa shape index (κ1) is 12.3. The molecule has 0 aromatic heterocycles. The van der Waals surface area contributed by atoms with Crippen molar-refractivity contribution in [1.29, 1.82) is 0 Å². The van der Waals surface area contributed by atoms with Crippen LogP contribution in [-0.2, 0) is 13.6 Å². The van der Waals surface area contributed by atoms with Crippen LogP contribution in [-0.4, -0.2) is 31.0 Å². The Kier molecular flexibility index (Phi) is 3.25. The Balaban J connectivity index is 2.70. The second kappa shape index (κ2) is 3.69. The molecule has 1 saturated heterocycles. The zero-order valence-corrected chi connectivity index (χ0v) is 10.6. The number of hydrogen-bond acceptors (Lipinski definition) is 4. The fraction of sp³-hybridized carbons (Fsp3) is 1.00. The first-order valence-corrected chi connectivity index (χ1v) is 6.84. The molecular formula is C9H21NO3P+. The van der Waals surface area contributed by atoms with Crippen LogP contribution < -0.4 is 5.73 Å². The van der Waals surface area contributed by atoms with Crippen molar-refractivity contribution >= 4 is 7.94 Å². The second-order valence-corrected chi connectivity index (χ2v) is 6.76. The van der Waals surface area contributed by atoms with Gasteiger partial charge in [-0.3, -0.25) is 0 Å². The fourth-order valence-corrected chi connectivity index (χ4v) is 4.02. The maximum Gasteiger partial charge on any atom is 0.409 e. The molecule has 0 atom stereocenters. The van der Waals surface area contributed by atoms with Crippen LogP contribution in [0.1, 0.15) is 27.7 Å². The van der Waals surface area contributed by atoms with Gasteiger partial charge < -0.3 is 5.73 Å². The van der Waals surface area contributed by atoms with Gasteiger partial charge in [0.05, 0.1) is 0 Å². The average Bonchev–Trinajstić information content (AvgIpc) is 2.13. The van der Waals surface area contributed by atoms with E-state index in [0.29, 0.717) is 13.2 Å². The molecule has 0 radical (unpaired) electrons. The Morgan fingerprint density at radius 2 is 1.57 bits per heavy atom. The number of nitrogens with two attached hydrogens (primary N) is 1. The molecule has 4 nitrogen and oxygen atoms in total. The molecule has 1 heterocycles. The first-order chi connectivity index (χ1) is 6.22. The predicted molar refractivity (Wildman–Crippen MR) is 58.2 cm³/mol. The van der Waals surface area contributed by atoms with E-state index in [-0.39, 0.29) is 11.2 Å². The topological polar surface area (TPSA) is 53.7 Å². The Labute approximate surface area is 86.7 Å². The molecule has 0 unspecified atom stereocenters. The van der Waals surface area contributed by atoms with E-state index in [1.807, 2.05) is 34.4 Å². The lowest BCUT2D eigenvalue weighted by Gasteiger charge is -2.24. The highest BCUT2D eigenvalue weighted by Crippen LogP contribution is 2.70. The van der Waals surface area contributed by atoms with Crippen molar-refractivity contribution in [2.75, 3.05) is 19.8 Å². The molecule has 0 amide bonds. The molecule has 1 aliphatic heterocycles. The summed E-state index contributed by atoms with van der Waals surface area (Å²) in [6, 6.07) is 0. The molecule has 5 heteroatoms. The van der Waals surface area contributed by atoms with Crippen molar-refractivity contribution in [3.8, 4) is 0 Å². The van der Waals surface area contributed by atoms with Crippen LogP contribution in [0.15, 0.2) is 0 Å². The summed E-state index contributed by atoms with van der Waals surface area (Å²) in [4.78, 5) is 0. The summed E-state index contributed by atoms with van der Waals surface area (Å²) in [6.45, 7) is 10.9. The highest BCUT2D eigenvalue weighted by Gasteiger charge is 2.64. The van der Waals surface area contributed by atoms with Crippen LogP contribution in [0.2, 0.25) is 0 Å². The van der Waals surface area contributed by atoms with Gasteiger partial charge in [0.15, 0.2) is 0 Å². The third kappa shape index (κ3) is 2.26. The summed E-state index contributed by atoms with van der Waals surface area (Å²) in [5, 5.41) is 0. The van der Waals surface area contributed by atoms with Crippen LogP contribution in [0.3, 0.4) is 0 Å². The van der Waals surface area contributed by atoms with Crippen molar-refractivity contribution in [2.24, 2.45) is 5.73 Å². The van der Waals surface area contributed by atoms with E-state index in [1.54, 1.807) is 0 Å². The standard InChI is InChI=1S/C9H21NO3P/c1-8(2)9(3,4)13-14(5,12-8)11-7-6-10/h6-7,10H2,1-5H3/q+1. The van der Waals surface area contributed by atoms with Gasteiger partial charge in [-0.2, -0.15) is 13.6 Å². The minimum absolute atomic E-state index is 0.315. The largest absolute Gasteiger partial charge is 0.409 e. The first-order valence-electron chi connectivity index (χ1n) is 4.85. The van der Waals surface area contributed by atoms with E-state index in [2.05, 4.69) is 0 Å². The third-order valence-electron chi connectivity index (χ3n) is 2.68. The van der Waals surface area contributed by atoms with E-state index >= 15 is 0 Å². The van der Waals surface area contributed by atoms with Gasteiger partial charge in [-0.1, -0.05) is 0 Å². The second-order valence-electron chi connectivity index (χ2n) is 4.60. The molecule has 1 aliphatic rings. The SMILES string of the molecule is CC1(C)O[P+](C)(OCCN)OC1(C)C. The molecule has 0 bridgehead atoms. The van der Waals surface area contributed by atoms with Crippen molar-refractivity contribution in [2.45, 2.75) is 38.9 Å². The zero-order chi connectivity index (χ0) is 11.0. The molecule has 84 valence electrons. The van der Waals surface area contributed by atoms with Crippen LogP contribution in [0, 0.1) is 0 Å². The number of hydrogen-bond donors (Lipinski definition) is 1. The molecule has 2 N–H and O–H groups in total. The van der Waals surface area contributed by atoms with Crippen molar-refractivity contribution < 1.29 is 13.6 Å². The summed E-state index contributed by atoms with van der Waals surface area (Å²) in [5.74, 6) is 0. The van der Waals surface area contributed by atoms with Crippen LogP contribution in [0.5, 0.6) is 0 Å².